The van der Waals surface area contributed by atoms with E-state index < -0.39 is 49.4 Å². The molecule has 16 heteroatoms. The van der Waals surface area contributed by atoms with Gasteiger partial charge in [-0.3, -0.25) is 9.36 Å². The number of rotatable bonds is 12. The number of alkyl halides is 2. The molecule has 2 aromatic heterocycles. The summed E-state index contributed by atoms with van der Waals surface area (Å²) < 4.78 is 40.5. The van der Waals surface area contributed by atoms with Crippen molar-refractivity contribution < 1.29 is 32.8 Å². The smallest absolute Gasteiger partial charge is 0.323 e. The molecule has 1 aromatic carbocycles. The molecule has 0 spiro atoms. The summed E-state index contributed by atoms with van der Waals surface area (Å²) in [5.74, 6) is 0.357. The van der Waals surface area contributed by atoms with E-state index in [0.717, 1.165) is 0 Å². The topological polar surface area (TPSA) is 142 Å². The van der Waals surface area contributed by atoms with Crippen LogP contribution >= 0.6 is 18.2 Å². The van der Waals surface area contributed by atoms with Crippen LogP contribution in [0.15, 0.2) is 36.7 Å². The third-order valence-electron chi connectivity index (χ3n) is 6.24. The Labute approximate surface area is 247 Å². The van der Waals surface area contributed by atoms with Gasteiger partial charge in [-0.25, -0.2) is 24.4 Å². The van der Waals surface area contributed by atoms with Crippen LogP contribution in [0.1, 0.15) is 32.8 Å². The lowest BCUT2D eigenvalue weighted by molar-refractivity contribution is -0.149. The summed E-state index contributed by atoms with van der Waals surface area (Å²) in [4.78, 5) is 25.5. The van der Waals surface area contributed by atoms with Gasteiger partial charge in [-0.2, -0.15) is 0 Å². The third-order valence-corrected chi connectivity index (χ3v) is 9.18. The van der Waals surface area contributed by atoms with Crippen molar-refractivity contribution in [2.45, 2.75) is 63.9 Å². The highest BCUT2D eigenvalue weighted by Gasteiger charge is 2.57. The number of aromatic nitrogens is 4. The molecule has 1 saturated heterocycles. The number of hydrogen-bond donors (Lipinski definition) is 3. The molecule has 41 heavy (non-hydrogen) atoms. The molecule has 1 fully saturated rings. The number of nitrogens with one attached hydrogen (secondary N) is 2. The zero-order valence-electron chi connectivity index (χ0n) is 23.2. The van der Waals surface area contributed by atoms with Crippen LogP contribution in [0.25, 0.3) is 11.2 Å². The summed E-state index contributed by atoms with van der Waals surface area (Å²) in [5, 5.41) is 16.9. The predicted molar refractivity (Wildman–Crippen MR) is 155 cm³/mol. The largest absolute Gasteiger partial charge is 0.462 e. The first kappa shape index (κ1) is 31.5. The van der Waals surface area contributed by atoms with Crippen LogP contribution in [0.2, 0.25) is 0 Å². The van der Waals surface area contributed by atoms with Gasteiger partial charge in [0.2, 0.25) is 0 Å². The summed E-state index contributed by atoms with van der Waals surface area (Å²) in [6.07, 6.45) is -3.96. The number of carbonyl (C=O) groups is 1. The molecule has 3 aromatic rings. The summed E-state index contributed by atoms with van der Waals surface area (Å²) in [5.41, 5.74) is -1.02. The Bertz CT molecular complexity index is 1420. The van der Waals surface area contributed by atoms with E-state index in [1.165, 1.54) is 10.9 Å². The van der Waals surface area contributed by atoms with Crippen molar-refractivity contribution in [3.63, 3.8) is 0 Å². The lowest BCUT2D eigenvalue weighted by Crippen LogP contribution is -2.48. The van der Waals surface area contributed by atoms with Crippen molar-refractivity contribution >= 4 is 53.0 Å². The number of nitrogens with zero attached hydrogens (tertiary/aromatic N) is 4. The molecule has 3 heterocycles. The minimum atomic E-state index is -3.52. The summed E-state index contributed by atoms with van der Waals surface area (Å²) in [6, 6.07) is 7.72. The number of para-hydroxylation sites is 1. The fourth-order valence-corrected chi connectivity index (χ4v) is 6.95. The fourth-order valence-electron chi connectivity index (χ4n) is 4.21. The number of hydrogen-bond acceptors (Lipinski definition) is 11. The van der Waals surface area contributed by atoms with Gasteiger partial charge in [-0.1, -0.05) is 18.2 Å². The van der Waals surface area contributed by atoms with Crippen LogP contribution in [0.4, 0.5) is 10.2 Å². The van der Waals surface area contributed by atoms with Crippen LogP contribution in [-0.2, 0) is 30.6 Å². The zero-order chi connectivity index (χ0) is 29.9. The number of aliphatic hydroxyl groups excluding tert-OH is 1. The van der Waals surface area contributed by atoms with Gasteiger partial charge in [-0.05, 0) is 51.6 Å². The Morgan fingerprint density at radius 3 is 2.66 bits per heavy atom. The van der Waals surface area contributed by atoms with Crippen LogP contribution in [0, 0.1) is 6.92 Å². The first-order valence-corrected chi connectivity index (χ1v) is 16.0. The first-order valence-electron chi connectivity index (χ1n) is 12.8. The molecule has 4 rings (SSSR count). The van der Waals surface area contributed by atoms with Gasteiger partial charge in [-0.15, -0.1) is 11.6 Å². The Morgan fingerprint density at radius 1 is 1.32 bits per heavy atom. The highest BCUT2D eigenvalue weighted by molar-refractivity contribution is 8.09. The molecule has 1 aliphatic heterocycles. The molecular formula is C25H33ClFN6O6PS. The maximum absolute atomic E-state index is 15.7. The molecule has 1 aliphatic rings. The molecule has 0 amide bonds. The standard InChI is InChI=1S/C25H33ClFN6O6PS/c1-14(2)37-24(35)15(3)32-40(41,39-17-9-7-6-8-10-17)36-12-25(11-26)20(34)18(27)23(38-25)33-13-29-19-21(28-5)30-16(4)31-22(19)33/h6-10,13-15,18,20,23,34H,11-12H2,1-5H3,(H,32,41)(H,28,30,31)/t15-,18+,20+,23-,25-,40+/m1/s1. The van der Waals surface area contributed by atoms with E-state index in [0.29, 0.717) is 28.6 Å². The van der Waals surface area contributed by atoms with Crippen LogP contribution in [0.3, 0.4) is 0 Å². The van der Waals surface area contributed by atoms with E-state index in [4.69, 9.17) is 41.9 Å². The van der Waals surface area contributed by atoms with Gasteiger partial charge in [0.1, 0.15) is 29.3 Å². The zero-order valence-corrected chi connectivity index (χ0v) is 25.6. The monoisotopic (exact) mass is 630 g/mol. The minimum Gasteiger partial charge on any atom is -0.462 e. The number of aliphatic hydroxyl groups is 1. The molecule has 224 valence electrons. The normalized spacial score (nSPS) is 24.8. The van der Waals surface area contributed by atoms with Crippen LogP contribution < -0.4 is 14.9 Å². The van der Waals surface area contributed by atoms with Crippen molar-refractivity contribution in [2.24, 2.45) is 0 Å². The average molecular weight is 631 g/mol. The van der Waals surface area contributed by atoms with E-state index in [1.54, 1.807) is 65.1 Å². The SMILES string of the molecule is CNc1nc(C)nc2c1ncn2[C@@H]1O[C@](CCl)(CO[P@@](=S)(N[C@H](C)C(=O)OC(C)C)Oc2ccccc2)[C@@H](O)[C@@H]1F. The predicted octanol–water partition coefficient (Wildman–Crippen LogP) is 3.63. The van der Waals surface area contributed by atoms with Crippen molar-refractivity contribution in [2.75, 3.05) is 24.9 Å². The maximum atomic E-state index is 15.7. The average Bonchev–Trinajstić information content (AvgIpc) is 3.46. The highest BCUT2D eigenvalue weighted by Crippen LogP contribution is 2.49. The number of anilines is 1. The number of carbonyl (C=O) groups excluding carboxylic acids is 1. The quantitative estimate of drug-likeness (QED) is 0.153. The number of esters is 1. The first-order chi connectivity index (χ1) is 19.4. The number of fused-ring (bicyclic) bond motifs is 1. The number of halogens is 2. The lowest BCUT2D eigenvalue weighted by Gasteiger charge is -2.33. The van der Waals surface area contributed by atoms with E-state index >= 15 is 4.39 Å². The second-order valence-electron chi connectivity index (χ2n) is 9.80. The van der Waals surface area contributed by atoms with Crippen LogP contribution in [0.5, 0.6) is 5.75 Å². The van der Waals surface area contributed by atoms with Gasteiger partial charge in [0.05, 0.1) is 24.9 Å². The van der Waals surface area contributed by atoms with Crippen molar-refractivity contribution in [1.29, 1.82) is 0 Å². The molecule has 12 nitrogen and oxygen atoms in total. The van der Waals surface area contributed by atoms with Gasteiger partial charge in [0.15, 0.2) is 29.4 Å². The number of benzene rings is 1. The second-order valence-corrected chi connectivity index (χ2v) is 13.2. The number of aryl methyl sites for hydroxylation is 1. The number of ether oxygens (including phenoxy) is 2. The molecule has 0 bridgehead atoms. The Hall–Kier alpha value is -2.45. The van der Waals surface area contributed by atoms with Gasteiger partial charge < -0.3 is 28.9 Å². The summed E-state index contributed by atoms with van der Waals surface area (Å²) in [7, 11) is 1.68. The van der Waals surface area contributed by atoms with Crippen molar-refractivity contribution in [3.05, 3.63) is 42.5 Å². The highest BCUT2D eigenvalue weighted by atomic mass is 35.5. The van der Waals surface area contributed by atoms with E-state index in [1.807, 2.05) is 0 Å². The minimum absolute atomic E-state index is 0.310. The van der Waals surface area contributed by atoms with Crippen LogP contribution in [-0.4, -0.2) is 80.2 Å². The van der Waals surface area contributed by atoms with Gasteiger partial charge in [0.25, 0.3) is 0 Å². The molecule has 0 radical (unpaired) electrons. The number of imidazole rings is 1. The Balaban J connectivity index is 1.61. The molecule has 0 aliphatic carbocycles. The van der Waals surface area contributed by atoms with E-state index in [9.17, 15) is 9.90 Å². The molecule has 0 saturated carbocycles. The molecule has 3 N–H and O–H groups in total. The fraction of sp³-hybridized carbons (Fsp3) is 0.520. The second kappa shape index (κ2) is 12.8. The maximum Gasteiger partial charge on any atom is 0.323 e. The van der Waals surface area contributed by atoms with Crippen molar-refractivity contribution in [1.82, 2.24) is 24.6 Å². The Morgan fingerprint density at radius 2 is 2.02 bits per heavy atom. The molecule has 6 atom stereocenters. The lowest BCUT2D eigenvalue weighted by atomic mass is 9.99. The van der Waals surface area contributed by atoms with E-state index in [-0.39, 0.29) is 12.0 Å². The van der Waals surface area contributed by atoms with Crippen molar-refractivity contribution in [3.8, 4) is 5.75 Å². The molecule has 0 unspecified atom stereocenters. The van der Waals surface area contributed by atoms with Gasteiger partial charge >= 0.3 is 12.6 Å². The summed E-state index contributed by atoms with van der Waals surface area (Å²) in [6.45, 7) is 2.71. The third kappa shape index (κ3) is 6.80. The van der Waals surface area contributed by atoms with Gasteiger partial charge in [0, 0.05) is 7.05 Å². The molecular weight excluding hydrogens is 598 g/mol. The Kier molecular flexibility index (Phi) is 9.85. The van der Waals surface area contributed by atoms with E-state index in [2.05, 4.69) is 25.4 Å². The summed E-state index contributed by atoms with van der Waals surface area (Å²) >= 11 is 12.0.